The molecule has 1 aromatic carbocycles. The molecule has 7 nitrogen and oxygen atoms in total. The Bertz CT molecular complexity index is 852. The molecular formula is C16H16N6O. The van der Waals surface area contributed by atoms with Crippen molar-refractivity contribution in [2.75, 3.05) is 0 Å². The van der Waals surface area contributed by atoms with Crippen molar-refractivity contribution in [3.05, 3.63) is 65.6 Å². The molecule has 0 aliphatic heterocycles. The number of aromatic nitrogens is 3. The van der Waals surface area contributed by atoms with Gasteiger partial charge in [-0.25, -0.2) is 0 Å². The fourth-order valence-corrected chi connectivity index (χ4v) is 2.24. The molecule has 0 spiro atoms. The molecule has 0 bridgehead atoms. The summed E-state index contributed by atoms with van der Waals surface area (Å²) in [5, 5.41) is 17.8. The van der Waals surface area contributed by atoms with Gasteiger partial charge in [0.1, 0.15) is 6.33 Å². The predicted molar refractivity (Wildman–Crippen MR) is 86.2 cm³/mol. The molecule has 0 saturated heterocycles. The number of hydrogen-bond donors (Lipinski definition) is 3. The third kappa shape index (κ3) is 3.52. The first-order valence-corrected chi connectivity index (χ1v) is 7.10. The highest BCUT2D eigenvalue weighted by atomic mass is 16.1. The van der Waals surface area contributed by atoms with E-state index in [1.165, 1.54) is 0 Å². The lowest BCUT2D eigenvalue weighted by Crippen LogP contribution is -2.23. The van der Waals surface area contributed by atoms with Gasteiger partial charge in [0, 0.05) is 19.2 Å². The Labute approximate surface area is 132 Å². The number of carbonyl (C=O) groups is 1. The first-order valence-electron chi connectivity index (χ1n) is 7.10. The van der Waals surface area contributed by atoms with Crippen LogP contribution in [0.5, 0.6) is 0 Å². The van der Waals surface area contributed by atoms with E-state index < -0.39 is 0 Å². The molecule has 2 heterocycles. The lowest BCUT2D eigenvalue weighted by molar-refractivity contribution is 0.0950. The molecule has 0 fully saturated rings. The topological polar surface area (TPSA) is 109 Å². The molecule has 0 radical (unpaired) electrons. The lowest BCUT2D eigenvalue weighted by Gasteiger charge is -2.07. The molecule has 0 aliphatic rings. The number of benzene rings is 1. The van der Waals surface area contributed by atoms with Crippen molar-refractivity contribution in [3.63, 3.8) is 0 Å². The average Bonchev–Trinajstić information content (AvgIpc) is 3.01. The highest BCUT2D eigenvalue weighted by Crippen LogP contribution is 2.07. The molecule has 4 N–H and O–H groups in total. The fourth-order valence-electron chi connectivity index (χ4n) is 2.24. The van der Waals surface area contributed by atoms with Gasteiger partial charge in [0.25, 0.3) is 5.91 Å². The average molecular weight is 308 g/mol. The summed E-state index contributed by atoms with van der Waals surface area (Å²) in [6.45, 7) is 0.430. The van der Waals surface area contributed by atoms with Gasteiger partial charge < -0.3 is 11.1 Å². The van der Waals surface area contributed by atoms with Gasteiger partial charge in [0.2, 0.25) is 0 Å². The van der Waals surface area contributed by atoms with Gasteiger partial charge in [-0.15, -0.1) is 10.2 Å². The summed E-state index contributed by atoms with van der Waals surface area (Å²) in [5.74, 6) is -0.0242. The van der Waals surface area contributed by atoms with Crippen molar-refractivity contribution in [3.8, 4) is 0 Å². The Kier molecular flexibility index (Phi) is 4.01. The smallest absolute Gasteiger partial charge is 0.253 e. The van der Waals surface area contributed by atoms with Crippen LogP contribution in [0.3, 0.4) is 0 Å². The summed E-state index contributed by atoms with van der Waals surface area (Å²) in [5.41, 5.74) is 8.58. The van der Waals surface area contributed by atoms with Gasteiger partial charge >= 0.3 is 0 Å². The monoisotopic (exact) mass is 308 g/mol. The van der Waals surface area contributed by atoms with Crippen molar-refractivity contribution in [1.82, 2.24) is 19.9 Å². The van der Waals surface area contributed by atoms with Gasteiger partial charge in [-0.3, -0.25) is 14.6 Å². The largest absolute Gasteiger partial charge is 0.387 e. The molecule has 23 heavy (non-hydrogen) atoms. The maximum atomic E-state index is 12.2. The van der Waals surface area contributed by atoms with Crippen LogP contribution < -0.4 is 11.1 Å². The molecule has 1 amide bonds. The first kappa shape index (κ1) is 14.7. The minimum Gasteiger partial charge on any atom is -0.387 e. The van der Waals surface area contributed by atoms with E-state index in [4.69, 9.17) is 11.1 Å². The van der Waals surface area contributed by atoms with Gasteiger partial charge in [-0.05, 0) is 23.3 Å². The Morgan fingerprint density at radius 3 is 2.65 bits per heavy atom. The molecule has 7 heteroatoms. The number of amidine groups is 1. The van der Waals surface area contributed by atoms with E-state index in [0.29, 0.717) is 24.2 Å². The zero-order valence-electron chi connectivity index (χ0n) is 12.4. The molecule has 0 atom stereocenters. The lowest BCUT2D eigenvalue weighted by atomic mass is 10.1. The predicted octanol–water partition coefficient (Wildman–Crippen LogP) is 1.14. The van der Waals surface area contributed by atoms with Crippen LogP contribution in [0.2, 0.25) is 0 Å². The Morgan fingerprint density at radius 1 is 1.17 bits per heavy atom. The molecule has 0 aliphatic carbocycles. The normalized spacial score (nSPS) is 10.6. The SMILES string of the molecule is N=C(N)Cc1ccc(CNC(=O)c2ccc3nncn3c2)cc1. The van der Waals surface area contributed by atoms with E-state index in [-0.39, 0.29) is 11.7 Å². The van der Waals surface area contributed by atoms with E-state index in [0.717, 1.165) is 11.1 Å². The number of rotatable bonds is 5. The van der Waals surface area contributed by atoms with Crippen LogP contribution in [0.1, 0.15) is 21.5 Å². The zero-order valence-corrected chi connectivity index (χ0v) is 12.4. The zero-order chi connectivity index (χ0) is 16.2. The molecule has 116 valence electrons. The number of hydrogen-bond acceptors (Lipinski definition) is 4. The molecule has 2 aromatic heterocycles. The van der Waals surface area contributed by atoms with Crippen LogP contribution in [-0.2, 0) is 13.0 Å². The van der Waals surface area contributed by atoms with Crippen molar-refractivity contribution in [2.24, 2.45) is 5.73 Å². The summed E-state index contributed by atoms with van der Waals surface area (Å²) in [6.07, 6.45) is 3.69. The minimum atomic E-state index is -0.159. The number of carbonyl (C=O) groups excluding carboxylic acids is 1. The Hall–Kier alpha value is -3.22. The summed E-state index contributed by atoms with van der Waals surface area (Å²) in [7, 11) is 0. The maximum absolute atomic E-state index is 12.2. The number of nitrogens with zero attached hydrogens (tertiary/aromatic N) is 3. The summed E-state index contributed by atoms with van der Waals surface area (Å²) in [6, 6.07) is 11.1. The summed E-state index contributed by atoms with van der Waals surface area (Å²) in [4.78, 5) is 12.2. The second-order valence-electron chi connectivity index (χ2n) is 5.22. The van der Waals surface area contributed by atoms with Gasteiger partial charge in [0.05, 0.1) is 11.4 Å². The van der Waals surface area contributed by atoms with E-state index in [9.17, 15) is 4.79 Å². The van der Waals surface area contributed by atoms with Crippen molar-refractivity contribution >= 4 is 17.4 Å². The quantitative estimate of drug-likeness (QED) is 0.485. The summed E-state index contributed by atoms with van der Waals surface area (Å²) >= 11 is 0. The van der Waals surface area contributed by atoms with Crippen molar-refractivity contribution in [2.45, 2.75) is 13.0 Å². The highest BCUT2D eigenvalue weighted by molar-refractivity contribution is 5.94. The highest BCUT2D eigenvalue weighted by Gasteiger charge is 2.07. The maximum Gasteiger partial charge on any atom is 0.253 e. The number of nitrogens with one attached hydrogen (secondary N) is 2. The van der Waals surface area contributed by atoms with E-state index in [1.54, 1.807) is 29.1 Å². The molecule has 3 rings (SSSR count). The van der Waals surface area contributed by atoms with E-state index in [2.05, 4.69) is 15.5 Å². The van der Waals surface area contributed by atoms with E-state index >= 15 is 0 Å². The van der Waals surface area contributed by atoms with Crippen LogP contribution in [0, 0.1) is 5.41 Å². The molecule has 0 unspecified atom stereocenters. The Balaban J connectivity index is 1.62. The van der Waals surface area contributed by atoms with Crippen LogP contribution in [0.25, 0.3) is 5.65 Å². The number of amides is 1. The van der Waals surface area contributed by atoms with Crippen LogP contribution in [0.15, 0.2) is 48.9 Å². The number of fused-ring (bicyclic) bond motifs is 1. The van der Waals surface area contributed by atoms with Gasteiger partial charge in [-0.1, -0.05) is 24.3 Å². The number of pyridine rings is 1. The summed E-state index contributed by atoms with van der Waals surface area (Å²) < 4.78 is 1.70. The second kappa shape index (κ2) is 6.27. The van der Waals surface area contributed by atoms with Crippen molar-refractivity contribution < 1.29 is 4.79 Å². The van der Waals surface area contributed by atoms with Crippen molar-refractivity contribution in [1.29, 1.82) is 5.41 Å². The third-order valence-electron chi connectivity index (χ3n) is 3.42. The fraction of sp³-hybridized carbons (Fsp3) is 0.125. The molecular weight excluding hydrogens is 292 g/mol. The minimum absolute atomic E-state index is 0.135. The van der Waals surface area contributed by atoms with Crippen LogP contribution in [-0.4, -0.2) is 26.3 Å². The van der Waals surface area contributed by atoms with Crippen LogP contribution in [0.4, 0.5) is 0 Å². The van der Waals surface area contributed by atoms with E-state index in [1.807, 2.05) is 24.3 Å². The molecule has 3 aromatic rings. The third-order valence-corrected chi connectivity index (χ3v) is 3.42. The second-order valence-corrected chi connectivity index (χ2v) is 5.22. The van der Waals surface area contributed by atoms with Crippen LogP contribution >= 0.6 is 0 Å². The van der Waals surface area contributed by atoms with Gasteiger partial charge in [-0.2, -0.15) is 0 Å². The standard InChI is InChI=1S/C16H16N6O/c17-14(18)7-11-1-3-12(4-2-11)8-19-16(23)13-5-6-15-21-20-10-22(15)9-13/h1-6,9-10H,7-8H2,(H3,17,18)(H,19,23). The molecule has 0 saturated carbocycles. The first-order chi connectivity index (χ1) is 11.1. The van der Waals surface area contributed by atoms with Gasteiger partial charge in [0.15, 0.2) is 5.65 Å². The Morgan fingerprint density at radius 2 is 1.91 bits per heavy atom. The number of nitrogens with two attached hydrogens (primary N) is 1.